The molecule has 0 saturated carbocycles. The summed E-state index contributed by atoms with van der Waals surface area (Å²) in [6, 6.07) is 17.6. The number of rotatable bonds is 7. The van der Waals surface area contributed by atoms with Gasteiger partial charge in [0.1, 0.15) is 5.75 Å². The van der Waals surface area contributed by atoms with Crippen LogP contribution in [0.1, 0.15) is 24.1 Å². The van der Waals surface area contributed by atoms with Gasteiger partial charge in [0.05, 0.1) is 18.0 Å². The Morgan fingerprint density at radius 3 is 2.62 bits per heavy atom. The first-order chi connectivity index (χ1) is 12.6. The van der Waals surface area contributed by atoms with E-state index in [4.69, 9.17) is 4.74 Å². The van der Waals surface area contributed by atoms with Crippen molar-refractivity contribution in [1.29, 1.82) is 0 Å². The molecule has 1 heterocycles. The van der Waals surface area contributed by atoms with Crippen LogP contribution in [0.3, 0.4) is 0 Å². The van der Waals surface area contributed by atoms with Crippen molar-refractivity contribution in [2.75, 3.05) is 11.5 Å². The van der Waals surface area contributed by atoms with Gasteiger partial charge in [-0.1, -0.05) is 30.3 Å². The van der Waals surface area contributed by atoms with Crippen molar-refractivity contribution in [3.05, 3.63) is 71.2 Å². The average molecular weight is 366 g/mol. The lowest BCUT2D eigenvalue weighted by Crippen LogP contribution is -2.26. The molecule has 0 spiro atoms. The Morgan fingerprint density at radius 1 is 1.12 bits per heavy atom. The van der Waals surface area contributed by atoms with Crippen molar-refractivity contribution in [2.45, 2.75) is 26.7 Å². The van der Waals surface area contributed by atoms with Gasteiger partial charge in [-0.2, -0.15) is 0 Å². The Kier molecular flexibility index (Phi) is 6.02. The van der Waals surface area contributed by atoms with E-state index in [1.54, 1.807) is 4.90 Å². The molecular formula is C21H22N2O2S. The molecule has 3 rings (SSSR count). The molecule has 1 amide bonds. The molecule has 0 N–H and O–H groups in total. The van der Waals surface area contributed by atoms with Crippen LogP contribution in [0.15, 0.2) is 60.0 Å². The second-order valence-electron chi connectivity index (χ2n) is 6.10. The van der Waals surface area contributed by atoms with Crippen molar-refractivity contribution in [2.24, 2.45) is 0 Å². The van der Waals surface area contributed by atoms with Gasteiger partial charge in [0.25, 0.3) is 0 Å². The fourth-order valence-corrected chi connectivity index (χ4v) is 3.45. The summed E-state index contributed by atoms with van der Waals surface area (Å²) in [5.41, 5.74) is 2.92. The number of aryl methyl sites for hydroxylation is 2. The van der Waals surface area contributed by atoms with Crippen LogP contribution in [0, 0.1) is 13.8 Å². The van der Waals surface area contributed by atoms with E-state index in [2.05, 4.69) is 4.98 Å². The van der Waals surface area contributed by atoms with E-state index in [1.807, 2.05) is 73.8 Å². The van der Waals surface area contributed by atoms with Crippen LogP contribution in [0.4, 0.5) is 10.8 Å². The highest BCUT2D eigenvalue weighted by Gasteiger charge is 2.20. The zero-order chi connectivity index (χ0) is 18.4. The fourth-order valence-electron chi connectivity index (χ4n) is 2.61. The van der Waals surface area contributed by atoms with Crippen molar-refractivity contribution >= 4 is 28.1 Å². The van der Waals surface area contributed by atoms with Crippen LogP contribution >= 0.6 is 11.3 Å². The maximum atomic E-state index is 12.9. The summed E-state index contributed by atoms with van der Waals surface area (Å²) in [4.78, 5) is 19.0. The number of aromatic nitrogens is 1. The molecule has 1 aromatic heterocycles. The SMILES string of the molecule is Cc1cccc(OCCCC(=O)N(c2ccccc2)c2nc(C)cs2)c1. The second kappa shape index (κ2) is 8.63. The Labute approximate surface area is 158 Å². The van der Waals surface area contributed by atoms with E-state index in [-0.39, 0.29) is 5.91 Å². The van der Waals surface area contributed by atoms with Gasteiger partial charge in [-0.15, -0.1) is 11.3 Å². The number of hydrogen-bond donors (Lipinski definition) is 0. The molecule has 0 saturated heterocycles. The largest absolute Gasteiger partial charge is 0.494 e. The average Bonchev–Trinajstić information content (AvgIpc) is 3.06. The van der Waals surface area contributed by atoms with E-state index in [1.165, 1.54) is 11.3 Å². The lowest BCUT2D eigenvalue weighted by Gasteiger charge is -2.20. The molecule has 4 nitrogen and oxygen atoms in total. The molecule has 0 atom stereocenters. The van der Waals surface area contributed by atoms with E-state index >= 15 is 0 Å². The van der Waals surface area contributed by atoms with Crippen molar-refractivity contribution in [3.63, 3.8) is 0 Å². The predicted octanol–water partition coefficient (Wildman–Crippen LogP) is 5.28. The molecule has 0 aliphatic rings. The molecule has 2 aromatic carbocycles. The number of hydrogen-bond acceptors (Lipinski definition) is 4. The highest BCUT2D eigenvalue weighted by molar-refractivity contribution is 7.14. The minimum Gasteiger partial charge on any atom is -0.494 e. The molecule has 0 aliphatic heterocycles. The third kappa shape index (κ3) is 4.70. The van der Waals surface area contributed by atoms with E-state index < -0.39 is 0 Å². The van der Waals surface area contributed by atoms with Crippen LogP contribution < -0.4 is 9.64 Å². The quantitative estimate of drug-likeness (QED) is 0.534. The molecule has 134 valence electrons. The second-order valence-corrected chi connectivity index (χ2v) is 6.94. The standard InChI is InChI=1S/C21H22N2O2S/c1-16-8-6-11-19(14-16)25-13-7-12-20(24)23(18-9-4-3-5-10-18)21-22-17(2)15-26-21/h3-6,8-11,14-15H,7,12-13H2,1-2H3. The van der Waals surface area contributed by atoms with Crippen LogP contribution in [-0.2, 0) is 4.79 Å². The zero-order valence-corrected chi connectivity index (χ0v) is 15.8. The number of para-hydroxylation sites is 1. The maximum absolute atomic E-state index is 12.9. The smallest absolute Gasteiger partial charge is 0.233 e. The van der Waals surface area contributed by atoms with Gasteiger partial charge in [-0.25, -0.2) is 4.98 Å². The highest BCUT2D eigenvalue weighted by atomic mass is 32.1. The van der Waals surface area contributed by atoms with Gasteiger partial charge in [-0.05, 0) is 50.1 Å². The van der Waals surface area contributed by atoms with E-state index in [0.717, 1.165) is 22.7 Å². The fraction of sp³-hybridized carbons (Fsp3) is 0.238. The van der Waals surface area contributed by atoms with Gasteiger partial charge in [0.2, 0.25) is 5.91 Å². The van der Waals surface area contributed by atoms with Gasteiger partial charge in [0.15, 0.2) is 5.13 Å². The van der Waals surface area contributed by atoms with Crippen molar-refractivity contribution in [1.82, 2.24) is 4.98 Å². The first-order valence-electron chi connectivity index (χ1n) is 8.63. The van der Waals surface area contributed by atoms with Crippen LogP contribution in [0.2, 0.25) is 0 Å². The molecule has 26 heavy (non-hydrogen) atoms. The number of benzene rings is 2. The number of carbonyl (C=O) groups excluding carboxylic acids is 1. The first kappa shape index (κ1) is 18.1. The third-order valence-electron chi connectivity index (χ3n) is 3.86. The maximum Gasteiger partial charge on any atom is 0.233 e. The zero-order valence-electron chi connectivity index (χ0n) is 15.0. The summed E-state index contributed by atoms with van der Waals surface area (Å²) in [6.45, 7) is 4.47. The Hall–Kier alpha value is -2.66. The minimum absolute atomic E-state index is 0.0263. The topological polar surface area (TPSA) is 42.4 Å². The molecule has 0 aliphatic carbocycles. The van der Waals surface area contributed by atoms with Crippen molar-refractivity contribution < 1.29 is 9.53 Å². The van der Waals surface area contributed by atoms with Gasteiger partial charge >= 0.3 is 0 Å². The molecule has 0 radical (unpaired) electrons. The number of anilines is 2. The first-order valence-corrected chi connectivity index (χ1v) is 9.51. The van der Waals surface area contributed by atoms with Gasteiger partial charge < -0.3 is 4.74 Å². The number of amides is 1. The molecule has 3 aromatic rings. The lowest BCUT2D eigenvalue weighted by molar-refractivity contribution is -0.118. The van der Waals surface area contributed by atoms with Crippen molar-refractivity contribution in [3.8, 4) is 5.75 Å². The summed E-state index contributed by atoms with van der Waals surface area (Å²) < 4.78 is 5.75. The Morgan fingerprint density at radius 2 is 1.92 bits per heavy atom. The summed E-state index contributed by atoms with van der Waals surface area (Å²) in [7, 11) is 0. The summed E-state index contributed by atoms with van der Waals surface area (Å²) in [5.74, 6) is 0.867. The Balaban J connectivity index is 1.63. The summed E-state index contributed by atoms with van der Waals surface area (Å²) in [6.07, 6.45) is 1.06. The van der Waals surface area contributed by atoms with E-state index in [0.29, 0.717) is 24.6 Å². The lowest BCUT2D eigenvalue weighted by atomic mass is 10.2. The summed E-state index contributed by atoms with van der Waals surface area (Å²) >= 11 is 1.48. The van der Waals surface area contributed by atoms with Gasteiger partial charge in [0, 0.05) is 11.8 Å². The van der Waals surface area contributed by atoms with Gasteiger partial charge in [-0.3, -0.25) is 9.69 Å². The monoisotopic (exact) mass is 366 g/mol. The molecule has 0 unspecified atom stereocenters. The third-order valence-corrected chi connectivity index (χ3v) is 4.80. The Bertz CT molecular complexity index is 861. The number of ether oxygens (including phenoxy) is 1. The summed E-state index contributed by atoms with van der Waals surface area (Å²) in [5, 5.41) is 2.66. The minimum atomic E-state index is 0.0263. The molecule has 5 heteroatoms. The van der Waals surface area contributed by atoms with Crippen LogP contribution in [-0.4, -0.2) is 17.5 Å². The number of nitrogens with zero attached hydrogens (tertiary/aromatic N) is 2. The van der Waals surface area contributed by atoms with E-state index in [9.17, 15) is 4.79 Å². The van der Waals surface area contributed by atoms with Crippen LogP contribution in [0.25, 0.3) is 0 Å². The molecule has 0 fully saturated rings. The number of thiazole rings is 1. The highest BCUT2D eigenvalue weighted by Crippen LogP contribution is 2.29. The molecular weight excluding hydrogens is 344 g/mol. The predicted molar refractivity (Wildman–Crippen MR) is 106 cm³/mol. The van der Waals surface area contributed by atoms with Crippen LogP contribution in [0.5, 0.6) is 5.75 Å². The number of carbonyl (C=O) groups is 1. The molecule has 0 bridgehead atoms. The normalized spacial score (nSPS) is 10.5.